The highest BCUT2D eigenvalue weighted by atomic mass is 35.5. The number of ether oxygens (including phenoxy) is 1. The standard InChI is InChI=1S/C14H18ClNO/c15-11-7-10-4-5-17-14(10)12(8-11)13(16)6-9-2-1-3-9/h7-9,13H,1-6,16H2. The van der Waals surface area contributed by atoms with Gasteiger partial charge in [-0.15, -0.1) is 0 Å². The third-order valence-corrected chi connectivity index (χ3v) is 4.21. The normalized spacial score (nSPS) is 20.6. The molecule has 1 unspecified atom stereocenters. The summed E-state index contributed by atoms with van der Waals surface area (Å²) in [5.41, 5.74) is 8.64. The van der Waals surface area contributed by atoms with Gasteiger partial charge in [0.15, 0.2) is 0 Å². The van der Waals surface area contributed by atoms with Gasteiger partial charge < -0.3 is 10.5 Å². The molecule has 1 atom stereocenters. The lowest BCUT2D eigenvalue weighted by molar-refractivity contribution is 0.274. The third-order valence-electron chi connectivity index (χ3n) is 3.99. The highest BCUT2D eigenvalue weighted by Gasteiger charge is 2.25. The van der Waals surface area contributed by atoms with E-state index in [-0.39, 0.29) is 6.04 Å². The van der Waals surface area contributed by atoms with E-state index in [1.54, 1.807) is 0 Å². The van der Waals surface area contributed by atoms with Crippen molar-refractivity contribution in [3.05, 3.63) is 28.3 Å². The number of fused-ring (bicyclic) bond motifs is 1. The van der Waals surface area contributed by atoms with Crippen molar-refractivity contribution in [1.29, 1.82) is 0 Å². The summed E-state index contributed by atoms with van der Waals surface area (Å²) in [4.78, 5) is 0. The van der Waals surface area contributed by atoms with Crippen LogP contribution in [0.4, 0.5) is 0 Å². The first-order valence-electron chi connectivity index (χ1n) is 6.45. The van der Waals surface area contributed by atoms with Gasteiger partial charge in [0, 0.05) is 23.0 Å². The number of rotatable bonds is 3. The second-order valence-corrected chi connectivity index (χ2v) is 5.66. The predicted octanol–water partition coefficient (Wildman–Crippen LogP) is 3.46. The molecule has 1 heterocycles. The second kappa shape index (κ2) is 4.51. The van der Waals surface area contributed by atoms with Gasteiger partial charge in [-0.1, -0.05) is 30.9 Å². The molecule has 2 nitrogen and oxygen atoms in total. The van der Waals surface area contributed by atoms with Crippen LogP contribution >= 0.6 is 11.6 Å². The first kappa shape index (κ1) is 11.4. The summed E-state index contributed by atoms with van der Waals surface area (Å²) in [5.74, 6) is 1.81. The van der Waals surface area contributed by atoms with Crippen LogP contribution in [0.15, 0.2) is 12.1 Å². The average molecular weight is 252 g/mol. The molecule has 1 aliphatic heterocycles. The lowest BCUT2D eigenvalue weighted by Gasteiger charge is -2.28. The van der Waals surface area contributed by atoms with Gasteiger partial charge in [-0.05, 0) is 30.0 Å². The Hall–Kier alpha value is -0.730. The van der Waals surface area contributed by atoms with Gasteiger partial charge >= 0.3 is 0 Å². The van der Waals surface area contributed by atoms with Crippen molar-refractivity contribution in [1.82, 2.24) is 0 Å². The van der Waals surface area contributed by atoms with Gasteiger partial charge in [-0.2, -0.15) is 0 Å². The van der Waals surface area contributed by atoms with Crippen molar-refractivity contribution < 1.29 is 4.74 Å². The maximum Gasteiger partial charge on any atom is 0.127 e. The molecule has 92 valence electrons. The third kappa shape index (κ3) is 2.16. The Morgan fingerprint density at radius 2 is 2.24 bits per heavy atom. The fraction of sp³-hybridized carbons (Fsp3) is 0.571. The Kier molecular flexibility index (Phi) is 3.01. The molecule has 3 heteroatoms. The molecular formula is C14H18ClNO. The van der Waals surface area contributed by atoms with E-state index in [1.807, 2.05) is 12.1 Å². The monoisotopic (exact) mass is 251 g/mol. The predicted molar refractivity (Wildman–Crippen MR) is 69.5 cm³/mol. The molecule has 0 bridgehead atoms. The van der Waals surface area contributed by atoms with Crippen LogP contribution in [0.3, 0.4) is 0 Å². The van der Waals surface area contributed by atoms with Crippen LogP contribution in [-0.2, 0) is 6.42 Å². The van der Waals surface area contributed by atoms with Crippen molar-refractivity contribution >= 4 is 11.6 Å². The molecule has 0 radical (unpaired) electrons. The molecule has 0 amide bonds. The molecule has 0 aromatic heterocycles. The summed E-state index contributed by atoms with van der Waals surface area (Å²) in [5, 5.41) is 0.785. The van der Waals surface area contributed by atoms with Crippen LogP contribution in [0.5, 0.6) is 5.75 Å². The van der Waals surface area contributed by atoms with E-state index < -0.39 is 0 Å². The highest BCUT2D eigenvalue weighted by molar-refractivity contribution is 6.30. The first-order valence-corrected chi connectivity index (χ1v) is 6.82. The maximum atomic E-state index is 6.31. The molecule has 1 saturated carbocycles. The van der Waals surface area contributed by atoms with Crippen LogP contribution in [0, 0.1) is 5.92 Å². The Morgan fingerprint density at radius 1 is 1.41 bits per heavy atom. The Labute approximate surface area is 107 Å². The fourth-order valence-electron chi connectivity index (χ4n) is 2.79. The zero-order valence-corrected chi connectivity index (χ0v) is 10.7. The van der Waals surface area contributed by atoms with Crippen molar-refractivity contribution in [2.45, 2.75) is 38.1 Å². The van der Waals surface area contributed by atoms with E-state index in [0.717, 1.165) is 41.7 Å². The van der Waals surface area contributed by atoms with Gasteiger partial charge in [0.25, 0.3) is 0 Å². The summed E-state index contributed by atoms with van der Waals surface area (Å²) < 4.78 is 5.70. The lowest BCUT2D eigenvalue weighted by Crippen LogP contribution is -2.20. The molecular weight excluding hydrogens is 234 g/mol. The molecule has 2 aliphatic rings. The van der Waals surface area contributed by atoms with E-state index in [1.165, 1.54) is 24.8 Å². The summed E-state index contributed by atoms with van der Waals surface area (Å²) in [6.45, 7) is 0.763. The van der Waals surface area contributed by atoms with Gasteiger partial charge in [-0.25, -0.2) is 0 Å². The Morgan fingerprint density at radius 3 is 2.94 bits per heavy atom. The van der Waals surface area contributed by atoms with E-state index in [4.69, 9.17) is 22.1 Å². The molecule has 3 rings (SSSR count). The largest absolute Gasteiger partial charge is 0.493 e. The molecule has 0 saturated heterocycles. The molecule has 2 N–H and O–H groups in total. The zero-order chi connectivity index (χ0) is 11.8. The molecule has 1 aliphatic carbocycles. The summed E-state index contributed by atoms with van der Waals surface area (Å²) in [6.07, 6.45) is 6.05. The zero-order valence-electron chi connectivity index (χ0n) is 9.92. The van der Waals surface area contributed by atoms with Crippen LogP contribution in [0.1, 0.15) is 42.9 Å². The van der Waals surface area contributed by atoms with Crippen LogP contribution in [0.25, 0.3) is 0 Å². The molecule has 0 spiro atoms. The fourth-order valence-corrected chi connectivity index (χ4v) is 3.04. The summed E-state index contributed by atoms with van der Waals surface area (Å²) >= 11 is 6.15. The van der Waals surface area contributed by atoms with Crippen LogP contribution < -0.4 is 10.5 Å². The van der Waals surface area contributed by atoms with Gasteiger partial charge in [0.2, 0.25) is 0 Å². The minimum absolute atomic E-state index is 0.0749. The van der Waals surface area contributed by atoms with E-state index in [9.17, 15) is 0 Å². The number of benzene rings is 1. The maximum absolute atomic E-state index is 6.31. The Bertz CT molecular complexity index is 428. The van der Waals surface area contributed by atoms with Gasteiger partial charge in [-0.3, -0.25) is 0 Å². The smallest absolute Gasteiger partial charge is 0.127 e. The van der Waals surface area contributed by atoms with E-state index in [0.29, 0.717) is 0 Å². The van der Waals surface area contributed by atoms with Crippen molar-refractivity contribution in [2.75, 3.05) is 6.61 Å². The lowest BCUT2D eigenvalue weighted by atomic mass is 9.79. The van der Waals surface area contributed by atoms with Crippen molar-refractivity contribution in [2.24, 2.45) is 11.7 Å². The number of hydrogen-bond donors (Lipinski definition) is 1. The number of hydrogen-bond acceptors (Lipinski definition) is 2. The summed E-state index contributed by atoms with van der Waals surface area (Å²) in [7, 11) is 0. The first-order chi connectivity index (χ1) is 8.24. The van der Waals surface area contributed by atoms with Crippen LogP contribution in [-0.4, -0.2) is 6.61 Å². The molecule has 1 fully saturated rings. The van der Waals surface area contributed by atoms with E-state index in [2.05, 4.69) is 0 Å². The van der Waals surface area contributed by atoms with Gasteiger partial charge in [0.1, 0.15) is 5.75 Å². The highest BCUT2D eigenvalue weighted by Crippen LogP contribution is 2.40. The number of halogens is 1. The molecule has 1 aromatic carbocycles. The topological polar surface area (TPSA) is 35.2 Å². The minimum Gasteiger partial charge on any atom is -0.493 e. The van der Waals surface area contributed by atoms with Crippen molar-refractivity contribution in [3.8, 4) is 5.75 Å². The van der Waals surface area contributed by atoms with Crippen LogP contribution in [0.2, 0.25) is 5.02 Å². The quantitative estimate of drug-likeness (QED) is 0.893. The Balaban J connectivity index is 1.85. The van der Waals surface area contributed by atoms with E-state index >= 15 is 0 Å². The summed E-state index contributed by atoms with van der Waals surface area (Å²) in [6, 6.07) is 4.06. The number of nitrogens with two attached hydrogens (primary N) is 1. The molecule has 17 heavy (non-hydrogen) atoms. The van der Waals surface area contributed by atoms with Gasteiger partial charge in [0.05, 0.1) is 6.61 Å². The minimum atomic E-state index is 0.0749. The van der Waals surface area contributed by atoms with Crippen molar-refractivity contribution in [3.63, 3.8) is 0 Å². The average Bonchev–Trinajstić information content (AvgIpc) is 2.69. The second-order valence-electron chi connectivity index (χ2n) is 5.22. The SMILES string of the molecule is NC(CC1CCC1)c1cc(Cl)cc2c1OCC2. The molecule has 1 aromatic rings.